The first kappa shape index (κ1) is 9.44. The number of hydrogen-bond donors (Lipinski definition) is 1. The van der Waals surface area contributed by atoms with E-state index in [0.717, 1.165) is 6.42 Å². The molecular weight excluding hydrogens is 172 g/mol. The number of carboxylic acids is 1. The van der Waals surface area contributed by atoms with Crippen LogP contribution in [-0.2, 0) is 0 Å². The summed E-state index contributed by atoms with van der Waals surface area (Å²) in [6, 6.07) is 0. The molecule has 0 saturated carbocycles. The fourth-order valence-electron chi connectivity index (χ4n) is 0.727. The van der Waals surface area contributed by atoms with Gasteiger partial charge >= 0.3 is 5.97 Å². The van der Waals surface area contributed by atoms with Crippen molar-refractivity contribution in [2.24, 2.45) is 0 Å². The molecule has 0 saturated heterocycles. The number of carboxylic acid groups (broad SMARTS) is 1. The van der Waals surface area contributed by atoms with Crippen LogP contribution >= 0.6 is 0 Å². The third kappa shape index (κ3) is 2.70. The predicted molar refractivity (Wildman–Crippen MR) is 44.8 cm³/mol. The number of carbonyl (C=O) groups is 1. The van der Waals surface area contributed by atoms with Crippen molar-refractivity contribution >= 4 is 5.97 Å². The summed E-state index contributed by atoms with van der Waals surface area (Å²) in [6.45, 7) is 2.46. The topological polar surface area (TPSA) is 72.3 Å². The SMILES string of the molecule is CCCOc1cncc(C(=O)O)n1. The van der Waals surface area contributed by atoms with Crippen LogP contribution in [0.2, 0.25) is 0 Å². The van der Waals surface area contributed by atoms with Gasteiger partial charge in [-0.25, -0.2) is 9.78 Å². The summed E-state index contributed by atoms with van der Waals surface area (Å²) in [5.41, 5.74) is -0.103. The molecule has 1 heterocycles. The summed E-state index contributed by atoms with van der Waals surface area (Å²) in [7, 11) is 0. The Balaban J connectivity index is 2.73. The molecule has 1 aromatic heterocycles. The quantitative estimate of drug-likeness (QED) is 0.750. The third-order valence-corrected chi connectivity index (χ3v) is 1.29. The van der Waals surface area contributed by atoms with Gasteiger partial charge in [0.1, 0.15) is 0 Å². The third-order valence-electron chi connectivity index (χ3n) is 1.29. The highest BCUT2D eigenvalue weighted by Gasteiger charge is 2.05. The van der Waals surface area contributed by atoms with E-state index in [1.165, 1.54) is 12.4 Å². The minimum Gasteiger partial charge on any atom is -0.477 e. The average Bonchev–Trinajstić information content (AvgIpc) is 2.15. The van der Waals surface area contributed by atoms with E-state index >= 15 is 0 Å². The Hall–Kier alpha value is -1.65. The van der Waals surface area contributed by atoms with Gasteiger partial charge in [-0.05, 0) is 6.42 Å². The second kappa shape index (κ2) is 4.39. The standard InChI is InChI=1S/C8H10N2O3/c1-2-3-13-7-5-9-4-6(10-7)8(11)12/h4-5H,2-3H2,1H3,(H,11,12). The van der Waals surface area contributed by atoms with Crippen molar-refractivity contribution in [2.45, 2.75) is 13.3 Å². The molecule has 1 N–H and O–H groups in total. The highest BCUT2D eigenvalue weighted by Crippen LogP contribution is 2.04. The van der Waals surface area contributed by atoms with Gasteiger partial charge in [0, 0.05) is 0 Å². The molecule has 1 rings (SSSR count). The van der Waals surface area contributed by atoms with Gasteiger partial charge in [0.25, 0.3) is 0 Å². The molecule has 5 nitrogen and oxygen atoms in total. The lowest BCUT2D eigenvalue weighted by atomic mass is 10.4. The Kier molecular flexibility index (Phi) is 3.19. The van der Waals surface area contributed by atoms with E-state index in [1.54, 1.807) is 0 Å². The predicted octanol–water partition coefficient (Wildman–Crippen LogP) is 0.964. The molecule has 0 spiro atoms. The lowest BCUT2D eigenvalue weighted by Crippen LogP contribution is -2.04. The van der Waals surface area contributed by atoms with Gasteiger partial charge in [-0.1, -0.05) is 6.92 Å². The molecule has 0 atom stereocenters. The molecule has 70 valence electrons. The monoisotopic (exact) mass is 182 g/mol. The van der Waals surface area contributed by atoms with Crippen LogP contribution in [0.5, 0.6) is 5.88 Å². The van der Waals surface area contributed by atoms with Crippen LogP contribution < -0.4 is 4.74 Å². The fraction of sp³-hybridized carbons (Fsp3) is 0.375. The van der Waals surface area contributed by atoms with Crippen LogP contribution in [0.25, 0.3) is 0 Å². The smallest absolute Gasteiger partial charge is 0.356 e. The maximum Gasteiger partial charge on any atom is 0.356 e. The molecule has 0 aliphatic rings. The van der Waals surface area contributed by atoms with E-state index < -0.39 is 5.97 Å². The van der Waals surface area contributed by atoms with Gasteiger partial charge in [0.05, 0.1) is 19.0 Å². The highest BCUT2D eigenvalue weighted by atomic mass is 16.5. The second-order valence-electron chi connectivity index (χ2n) is 2.40. The number of aromatic carboxylic acids is 1. The van der Waals surface area contributed by atoms with Gasteiger partial charge in [-0.2, -0.15) is 0 Å². The second-order valence-corrected chi connectivity index (χ2v) is 2.40. The first-order chi connectivity index (χ1) is 6.24. The van der Waals surface area contributed by atoms with Gasteiger partial charge in [0.15, 0.2) is 5.69 Å². The number of nitrogens with zero attached hydrogens (tertiary/aromatic N) is 2. The number of hydrogen-bond acceptors (Lipinski definition) is 4. The van der Waals surface area contributed by atoms with Crippen molar-refractivity contribution in [3.8, 4) is 5.88 Å². The van der Waals surface area contributed by atoms with Gasteiger partial charge in [-0.15, -0.1) is 0 Å². The molecule has 0 aliphatic heterocycles. The molecular formula is C8H10N2O3. The average molecular weight is 182 g/mol. The molecule has 13 heavy (non-hydrogen) atoms. The van der Waals surface area contributed by atoms with E-state index in [-0.39, 0.29) is 11.6 Å². The van der Waals surface area contributed by atoms with Crippen LogP contribution in [0.4, 0.5) is 0 Å². The zero-order valence-corrected chi connectivity index (χ0v) is 7.23. The summed E-state index contributed by atoms with van der Waals surface area (Å²) in [4.78, 5) is 17.9. The van der Waals surface area contributed by atoms with Crippen molar-refractivity contribution < 1.29 is 14.6 Å². The molecule has 0 aliphatic carbocycles. The van der Waals surface area contributed by atoms with E-state index in [9.17, 15) is 4.79 Å². The van der Waals surface area contributed by atoms with Crippen molar-refractivity contribution in [3.63, 3.8) is 0 Å². The van der Waals surface area contributed by atoms with Crippen molar-refractivity contribution in [1.29, 1.82) is 0 Å². The zero-order chi connectivity index (χ0) is 9.68. The lowest BCUT2D eigenvalue weighted by Gasteiger charge is -2.02. The summed E-state index contributed by atoms with van der Waals surface area (Å²) < 4.78 is 5.11. The van der Waals surface area contributed by atoms with Crippen molar-refractivity contribution in [1.82, 2.24) is 9.97 Å². The summed E-state index contributed by atoms with van der Waals surface area (Å²) in [5, 5.41) is 8.58. The van der Waals surface area contributed by atoms with E-state index in [4.69, 9.17) is 9.84 Å². The first-order valence-electron chi connectivity index (χ1n) is 3.92. The van der Waals surface area contributed by atoms with E-state index in [0.29, 0.717) is 6.61 Å². The normalized spacial score (nSPS) is 9.62. The number of rotatable bonds is 4. The van der Waals surface area contributed by atoms with Crippen LogP contribution in [0.15, 0.2) is 12.4 Å². The Labute approximate surface area is 75.4 Å². The van der Waals surface area contributed by atoms with Crippen molar-refractivity contribution in [2.75, 3.05) is 6.61 Å². The molecule has 0 aromatic carbocycles. The maximum absolute atomic E-state index is 10.5. The van der Waals surface area contributed by atoms with Crippen LogP contribution in [-0.4, -0.2) is 27.7 Å². The van der Waals surface area contributed by atoms with E-state index in [2.05, 4.69) is 9.97 Å². The Morgan fingerprint density at radius 3 is 3.00 bits per heavy atom. The van der Waals surface area contributed by atoms with Gasteiger partial charge < -0.3 is 9.84 Å². The highest BCUT2D eigenvalue weighted by molar-refractivity contribution is 5.84. The molecule has 0 fully saturated rings. The Morgan fingerprint density at radius 1 is 1.62 bits per heavy atom. The van der Waals surface area contributed by atoms with Crippen LogP contribution in [0, 0.1) is 0 Å². The minimum absolute atomic E-state index is 0.103. The lowest BCUT2D eigenvalue weighted by molar-refractivity contribution is 0.0688. The molecule has 0 amide bonds. The largest absolute Gasteiger partial charge is 0.477 e. The van der Waals surface area contributed by atoms with Gasteiger partial charge in [-0.3, -0.25) is 4.98 Å². The van der Waals surface area contributed by atoms with Crippen molar-refractivity contribution in [3.05, 3.63) is 18.1 Å². The summed E-state index contributed by atoms with van der Waals surface area (Å²) in [6.07, 6.45) is 3.42. The molecule has 0 radical (unpaired) electrons. The first-order valence-corrected chi connectivity index (χ1v) is 3.92. The Morgan fingerprint density at radius 2 is 2.38 bits per heavy atom. The Bertz CT molecular complexity index is 301. The fourth-order valence-corrected chi connectivity index (χ4v) is 0.727. The number of aromatic nitrogens is 2. The summed E-state index contributed by atoms with van der Waals surface area (Å²) >= 11 is 0. The molecule has 5 heteroatoms. The van der Waals surface area contributed by atoms with Crippen LogP contribution in [0.1, 0.15) is 23.8 Å². The molecule has 0 bridgehead atoms. The van der Waals surface area contributed by atoms with Crippen LogP contribution in [0.3, 0.4) is 0 Å². The van der Waals surface area contributed by atoms with Gasteiger partial charge in [0.2, 0.25) is 5.88 Å². The molecule has 0 unspecified atom stereocenters. The maximum atomic E-state index is 10.5. The number of ether oxygens (including phenoxy) is 1. The van der Waals surface area contributed by atoms with E-state index in [1.807, 2.05) is 6.92 Å². The zero-order valence-electron chi connectivity index (χ0n) is 7.23. The summed E-state index contributed by atoms with van der Waals surface area (Å²) in [5.74, 6) is -0.851. The minimum atomic E-state index is -1.10. The molecule has 1 aromatic rings.